The molecule has 0 bridgehead atoms. The average molecular weight is 135 g/mol. The maximum atomic E-state index is 10.7. The van der Waals surface area contributed by atoms with Crippen molar-refractivity contribution in [2.24, 2.45) is 4.99 Å². The predicted molar refractivity (Wildman–Crippen MR) is 41.0 cm³/mol. The molecule has 1 aliphatic heterocycles. The molecular formula is C8H9NO. The highest BCUT2D eigenvalue weighted by Gasteiger charge is 2.05. The van der Waals surface area contributed by atoms with E-state index in [1.54, 1.807) is 12.3 Å². The van der Waals surface area contributed by atoms with E-state index >= 15 is 0 Å². The Kier molecular flexibility index (Phi) is 2.15. The molecule has 1 heterocycles. The van der Waals surface area contributed by atoms with Gasteiger partial charge in [-0.3, -0.25) is 9.79 Å². The molecule has 0 aromatic carbocycles. The van der Waals surface area contributed by atoms with Gasteiger partial charge in [0, 0.05) is 24.8 Å². The van der Waals surface area contributed by atoms with Gasteiger partial charge in [0.2, 0.25) is 0 Å². The summed E-state index contributed by atoms with van der Waals surface area (Å²) in [5, 5.41) is 0. The monoisotopic (exact) mass is 135 g/mol. The molecular weight excluding hydrogens is 126 g/mol. The van der Waals surface area contributed by atoms with Gasteiger partial charge in [0.05, 0.1) is 0 Å². The summed E-state index contributed by atoms with van der Waals surface area (Å²) in [6, 6.07) is 0. The average Bonchev–Trinajstić information content (AvgIpc) is 1.88. The van der Waals surface area contributed by atoms with Crippen LogP contribution in [0.2, 0.25) is 0 Å². The molecule has 0 saturated heterocycles. The van der Waals surface area contributed by atoms with E-state index in [-0.39, 0.29) is 5.78 Å². The van der Waals surface area contributed by atoms with Crippen molar-refractivity contribution in [3.8, 4) is 0 Å². The molecule has 2 nitrogen and oxygen atoms in total. The van der Waals surface area contributed by atoms with Crippen LogP contribution in [-0.4, -0.2) is 11.5 Å². The Hall–Kier alpha value is -1.18. The number of carbonyl (C=O) groups excluding carboxylic acids is 1. The Morgan fingerprint density at radius 3 is 3.20 bits per heavy atom. The maximum absolute atomic E-state index is 10.7. The molecule has 0 N–H and O–H groups in total. The summed E-state index contributed by atoms with van der Waals surface area (Å²) in [7, 11) is 0. The third kappa shape index (κ3) is 1.65. The molecule has 0 fully saturated rings. The first-order valence-corrected chi connectivity index (χ1v) is 3.19. The summed E-state index contributed by atoms with van der Waals surface area (Å²) in [6.45, 7) is 3.56. The number of nitrogens with zero attached hydrogens (tertiary/aromatic N) is 1. The highest BCUT2D eigenvalue weighted by molar-refractivity contribution is 6.08. The summed E-state index contributed by atoms with van der Waals surface area (Å²) >= 11 is 0. The topological polar surface area (TPSA) is 29.4 Å². The number of rotatable bonds is 2. The van der Waals surface area contributed by atoms with Gasteiger partial charge in [-0.15, -0.1) is 6.58 Å². The summed E-state index contributed by atoms with van der Waals surface area (Å²) in [4.78, 5) is 14.8. The maximum Gasteiger partial charge on any atom is 0.162 e. The van der Waals surface area contributed by atoms with Crippen molar-refractivity contribution in [3.63, 3.8) is 0 Å². The van der Waals surface area contributed by atoms with Crippen molar-refractivity contribution in [2.75, 3.05) is 0 Å². The van der Waals surface area contributed by atoms with E-state index in [2.05, 4.69) is 11.6 Å². The van der Waals surface area contributed by atoms with Crippen molar-refractivity contribution in [1.82, 2.24) is 0 Å². The van der Waals surface area contributed by atoms with Crippen LogP contribution < -0.4 is 0 Å². The van der Waals surface area contributed by atoms with Gasteiger partial charge in [-0.25, -0.2) is 0 Å². The van der Waals surface area contributed by atoms with Crippen LogP contribution >= 0.6 is 0 Å². The highest BCUT2D eigenvalue weighted by Crippen LogP contribution is 2.02. The molecule has 0 aromatic rings. The molecule has 1 aliphatic rings. The minimum absolute atomic E-state index is 0.131. The molecule has 2 heteroatoms. The first-order valence-electron chi connectivity index (χ1n) is 3.19. The molecule has 0 unspecified atom stereocenters. The summed E-state index contributed by atoms with van der Waals surface area (Å²) in [5.41, 5.74) is 0.905. The minimum Gasteiger partial charge on any atom is -0.294 e. The summed E-state index contributed by atoms with van der Waals surface area (Å²) in [6.07, 6.45) is 5.97. The summed E-state index contributed by atoms with van der Waals surface area (Å²) < 4.78 is 0. The van der Waals surface area contributed by atoms with Crippen LogP contribution in [0.4, 0.5) is 0 Å². The second-order valence-electron chi connectivity index (χ2n) is 2.15. The van der Waals surface area contributed by atoms with Crippen LogP contribution in [0.5, 0.6) is 0 Å². The van der Waals surface area contributed by atoms with Gasteiger partial charge in [0.1, 0.15) is 0 Å². The zero-order chi connectivity index (χ0) is 7.40. The molecule has 1 rings (SSSR count). The number of hydrogen-bond donors (Lipinski definition) is 0. The van der Waals surface area contributed by atoms with Crippen LogP contribution in [0.3, 0.4) is 0 Å². The van der Waals surface area contributed by atoms with Gasteiger partial charge in [0.15, 0.2) is 5.78 Å². The Morgan fingerprint density at radius 2 is 2.60 bits per heavy atom. The fourth-order valence-electron chi connectivity index (χ4n) is 0.823. The lowest BCUT2D eigenvalue weighted by Gasteiger charge is -2.02. The van der Waals surface area contributed by atoms with Gasteiger partial charge in [0.25, 0.3) is 0 Å². The van der Waals surface area contributed by atoms with E-state index < -0.39 is 0 Å². The van der Waals surface area contributed by atoms with E-state index in [0.717, 1.165) is 12.1 Å². The number of hydrogen-bond acceptors (Lipinski definition) is 2. The molecule has 0 radical (unpaired) electrons. The zero-order valence-corrected chi connectivity index (χ0v) is 5.71. The van der Waals surface area contributed by atoms with Crippen LogP contribution in [0.15, 0.2) is 29.9 Å². The third-order valence-electron chi connectivity index (χ3n) is 1.28. The summed E-state index contributed by atoms with van der Waals surface area (Å²) in [5.74, 6) is 0.131. The van der Waals surface area contributed by atoms with Crippen molar-refractivity contribution in [1.29, 1.82) is 0 Å². The van der Waals surface area contributed by atoms with Crippen LogP contribution in [-0.2, 0) is 4.79 Å². The smallest absolute Gasteiger partial charge is 0.162 e. The van der Waals surface area contributed by atoms with Crippen molar-refractivity contribution < 1.29 is 4.79 Å². The molecule has 0 amide bonds. The first kappa shape index (κ1) is 6.93. The quantitative estimate of drug-likeness (QED) is 0.527. The van der Waals surface area contributed by atoms with Gasteiger partial charge >= 0.3 is 0 Å². The van der Waals surface area contributed by atoms with Crippen molar-refractivity contribution in [3.05, 3.63) is 24.9 Å². The number of ketones is 1. The fraction of sp³-hybridized carbons (Fsp3) is 0.250. The first-order chi connectivity index (χ1) is 4.83. The van der Waals surface area contributed by atoms with Crippen molar-refractivity contribution in [2.45, 2.75) is 12.8 Å². The Balaban J connectivity index is 2.61. The van der Waals surface area contributed by atoms with E-state index in [4.69, 9.17) is 0 Å². The zero-order valence-electron chi connectivity index (χ0n) is 5.71. The van der Waals surface area contributed by atoms with Gasteiger partial charge in [-0.05, 0) is 6.08 Å². The second-order valence-corrected chi connectivity index (χ2v) is 2.15. The lowest BCUT2D eigenvalue weighted by atomic mass is 10.1. The lowest BCUT2D eigenvalue weighted by molar-refractivity contribution is -0.113. The van der Waals surface area contributed by atoms with E-state index in [1.807, 2.05) is 0 Å². The van der Waals surface area contributed by atoms with E-state index in [9.17, 15) is 4.79 Å². The third-order valence-corrected chi connectivity index (χ3v) is 1.28. The minimum atomic E-state index is 0.131. The van der Waals surface area contributed by atoms with Gasteiger partial charge < -0.3 is 0 Å². The lowest BCUT2D eigenvalue weighted by Crippen LogP contribution is -2.07. The number of allylic oxidation sites excluding steroid dienone is 2. The van der Waals surface area contributed by atoms with E-state index in [0.29, 0.717) is 6.42 Å². The molecule has 0 atom stereocenters. The highest BCUT2D eigenvalue weighted by atomic mass is 16.1. The standard InChI is InChI=1S/C8H9NO/c1-2-3-7-6-8(10)4-5-9-7/h2,4-5H,1,3,6H2. The van der Waals surface area contributed by atoms with Crippen LogP contribution in [0.25, 0.3) is 0 Å². The van der Waals surface area contributed by atoms with Crippen LogP contribution in [0.1, 0.15) is 12.8 Å². The van der Waals surface area contributed by atoms with E-state index in [1.165, 1.54) is 6.08 Å². The second kappa shape index (κ2) is 3.11. The number of aliphatic imine (C=N–C) groups is 1. The van der Waals surface area contributed by atoms with Gasteiger partial charge in [-0.1, -0.05) is 6.08 Å². The Bertz CT molecular complexity index is 213. The normalized spacial score (nSPS) is 16.8. The Labute approximate surface area is 60.0 Å². The largest absolute Gasteiger partial charge is 0.294 e. The molecule has 0 aliphatic carbocycles. The van der Waals surface area contributed by atoms with Gasteiger partial charge in [-0.2, -0.15) is 0 Å². The predicted octanol–water partition coefficient (Wildman–Crippen LogP) is 1.49. The van der Waals surface area contributed by atoms with Crippen LogP contribution in [0, 0.1) is 0 Å². The molecule has 0 aromatic heterocycles. The fourth-order valence-corrected chi connectivity index (χ4v) is 0.823. The molecule has 10 heavy (non-hydrogen) atoms. The molecule has 0 spiro atoms. The van der Waals surface area contributed by atoms with Crippen molar-refractivity contribution >= 4 is 11.5 Å². The molecule has 52 valence electrons. The number of carbonyl (C=O) groups is 1. The molecule has 0 saturated carbocycles. The SMILES string of the molecule is C=CCC1=NC=CC(=O)C1. The Morgan fingerprint density at radius 1 is 1.80 bits per heavy atom.